The van der Waals surface area contributed by atoms with E-state index in [1.54, 1.807) is 10.8 Å². The number of fused-ring (bicyclic) bond motifs is 2. The first-order valence-electron chi connectivity index (χ1n) is 6.73. The standard InChI is InChI=1S/C17H13N3O/c1-20-16-5-3-2-4-13(16)14(17(20)21)8-11-6-7-12-10-18-19-15(12)9-11/h2-10,21H,1H3. The maximum atomic E-state index is 10.4. The molecular formula is C17H13N3O. The number of azo groups is 1. The number of para-hydroxylation sites is 1. The predicted octanol–water partition coefficient (Wildman–Crippen LogP) is 2.55. The van der Waals surface area contributed by atoms with Gasteiger partial charge in [0.1, 0.15) is 0 Å². The highest BCUT2D eigenvalue weighted by Gasteiger charge is 2.11. The summed E-state index contributed by atoms with van der Waals surface area (Å²) in [6.07, 6.45) is 3.72. The van der Waals surface area contributed by atoms with Gasteiger partial charge in [-0.25, -0.2) is 0 Å². The molecule has 0 saturated carbocycles. The molecule has 0 bridgehead atoms. The van der Waals surface area contributed by atoms with E-state index < -0.39 is 0 Å². The first-order valence-corrected chi connectivity index (χ1v) is 6.73. The fourth-order valence-electron chi connectivity index (χ4n) is 2.72. The van der Waals surface area contributed by atoms with Gasteiger partial charge in [-0.3, -0.25) is 0 Å². The second kappa shape index (κ2) is 4.31. The molecule has 2 heterocycles. The maximum absolute atomic E-state index is 10.4. The number of hydrogen-bond acceptors (Lipinski definition) is 3. The quantitative estimate of drug-likeness (QED) is 0.729. The highest BCUT2D eigenvalue weighted by molar-refractivity contribution is 5.92. The van der Waals surface area contributed by atoms with Crippen molar-refractivity contribution in [1.82, 2.24) is 4.57 Å². The number of hydrogen-bond donors (Lipinski definition) is 1. The molecule has 0 aliphatic carbocycles. The van der Waals surface area contributed by atoms with E-state index in [1.165, 1.54) is 0 Å². The van der Waals surface area contributed by atoms with Gasteiger partial charge in [0.05, 0.1) is 17.4 Å². The third kappa shape index (κ3) is 1.76. The summed E-state index contributed by atoms with van der Waals surface area (Å²) in [6, 6.07) is 13.9. The molecule has 4 heteroatoms. The van der Waals surface area contributed by atoms with E-state index >= 15 is 0 Å². The SMILES string of the molecule is Cn1c(O)c(C=c2ccc3c(c2)N=NC=3)c2ccccc21. The van der Waals surface area contributed by atoms with E-state index in [0.29, 0.717) is 0 Å². The summed E-state index contributed by atoms with van der Waals surface area (Å²) < 4.78 is 1.79. The summed E-state index contributed by atoms with van der Waals surface area (Å²) in [6.45, 7) is 0. The molecule has 0 fully saturated rings. The summed E-state index contributed by atoms with van der Waals surface area (Å²) >= 11 is 0. The van der Waals surface area contributed by atoms with Gasteiger partial charge in [-0.05, 0) is 23.4 Å². The molecule has 0 unspecified atom stereocenters. The first kappa shape index (κ1) is 11.9. The molecule has 102 valence electrons. The van der Waals surface area contributed by atoms with Gasteiger partial charge in [0.2, 0.25) is 0 Å². The lowest BCUT2D eigenvalue weighted by molar-refractivity contribution is 0.434. The van der Waals surface area contributed by atoms with Crippen molar-refractivity contribution in [1.29, 1.82) is 0 Å². The molecule has 1 N–H and O–H groups in total. The molecule has 2 aromatic carbocycles. The second-order valence-electron chi connectivity index (χ2n) is 5.12. The number of benzene rings is 2. The van der Waals surface area contributed by atoms with Crippen LogP contribution in [-0.4, -0.2) is 9.67 Å². The van der Waals surface area contributed by atoms with Crippen LogP contribution in [-0.2, 0) is 7.05 Å². The zero-order valence-electron chi connectivity index (χ0n) is 11.5. The van der Waals surface area contributed by atoms with E-state index in [9.17, 15) is 5.11 Å². The summed E-state index contributed by atoms with van der Waals surface area (Å²) in [5.41, 5.74) is 2.70. The fourth-order valence-corrected chi connectivity index (χ4v) is 2.72. The van der Waals surface area contributed by atoms with Crippen LogP contribution in [0.2, 0.25) is 0 Å². The minimum absolute atomic E-state index is 0.268. The molecule has 0 saturated heterocycles. The number of rotatable bonds is 1. The average molecular weight is 275 g/mol. The lowest BCUT2D eigenvalue weighted by Crippen LogP contribution is -2.06. The van der Waals surface area contributed by atoms with Crippen LogP contribution < -0.4 is 10.4 Å². The first-order chi connectivity index (χ1) is 10.2. The van der Waals surface area contributed by atoms with Crippen LogP contribution in [0.4, 0.5) is 5.69 Å². The summed E-state index contributed by atoms with van der Waals surface area (Å²) in [5, 5.41) is 21.4. The van der Waals surface area contributed by atoms with Crippen molar-refractivity contribution in [3.05, 3.63) is 58.5 Å². The van der Waals surface area contributed by atoms with E-state index in [0.717, 1.165) is 32.6 Å². The van der Waals surface area contributed by atoms with Crippen LogP contribution in [0.1, 0.15) is 5.56 Å². The predicted molar refractivity (Wildman–Crippen MR) is 82.8 cm³/mol. The smallest absolute Gasteiger partial charge is 0.199 e. The Hall–Kier alpha value is -2.88. The molecule has 1 aliphatic heterocycles. The third-order valence-electron chi connectivity index (χ3n) is 3.84. The Kier molecular flexibility index (Phi) is 2.44. The summed E-state index contributed by atoms with van der Waals surface area (Å²) in [4.78, 5) is 0. The molecular weight excluding hydrogens is 262 g/mol. The number of aryl methyl sites for hydroxylation is 1. The van der Waals surface area contributed by atoms with Crippen LogP contribution in [0.3, 0.4) is 0 Å². The van der Waals surface area contributed by atoms with Crippen LogP contribution in [0.5, 0.6) is 5.88 Å². The van der Waals surface area contributed by atoms with Crippen molar-refractivity contribution < 1.29 is 5.11 Å². The minimum Gasteiger partial charge on any atom is -0.494 e. The van der Waals surface area contributed by atoms with Crippen molar-refractivity contribution in [3.8, 4) is 5.88 Å². The van der Waals surface area contributed by atoms with Crippen LogP contribution in [0.15, 0.2) is 52.7 Å². The topological polar surface area (TPSA) is 49.9 Å². The highest BCUT2D eigenvalue weighted by atomic mass is 16.3. The number of aromatic nitrogens is 1. The van der Waals surface area contributed by atoms with Gasteiger partial charge >= 0.3 is 0 Å². The molecule has 1 aliphatic rings. The largest absolute Gasteiger partial charge is 0.494 e. The molecule has 4 nitrogen and oxygen atoms in total. The van der Waals surface area contributed by atoms with Crippen LogP contribution in [0, 0.1) is 0 Å². The second-order valence-corrected chi connectivity index (χ2v) is 5.12. The van der Waals surface area contributed by atoms with Crippen molar-refractivity contribution in [2.75, 3.05) is 0 Å². The Balaban J connectivity index is 2.00. The maximum Gasteiger partial charge on any atom is 0.199 e. The van der Waals surface area contributed by atoms with Crippen LogP contribution >= 0.6 is 0 Å². The van der Waals surface area contributed by atoms with Gasteiger partial charge in [-0.15, -0.1) is 0 Å². The van der Waals surface area contributed by atoms with Gasteiger partial charge in [0.25, 0.3) is 0 Å². The Morgan fingerprint density at radius 3 is 2.90 bits per heavy atom. The third-order valence-corrected chi connectivity index (χ3v) is 3.84. The molecule has 1 aromatic heterocycles. The van der Waals surface area contributed by atoms with E-state index in [1.807, 2.05) is 55.6 Å². The van der Waals surface area contributed by atoms with E-state index in [-0.39, 0.29) is 5.88 Å². The fraction of sp³-hybridized carbons (Fsp3) is 0.0588. The van der Waals surface area contributed by atoms with Crippen molar-refractivity contribution in [3.63, 3.8) is 0 Å². The van der Waals surface area contributed by atoms with Gasteiger partial charge in [0.15, 0.2) is 5.88 Å². The van der Waals surface area contributed by atoms with Crippen LogP contribution in [0.25, 0.3) is 23.2 Å². The lowest BCUT2D eigenvalue weighted by Gasteiger charge is -1.96. The zero-order chi connectivity index (χ0) is 14.4. The molecule has 0 spiro atoms. The van der Waals surface area contributed by atoms with E-state index in [2.05, 4.69) is 10.2 Å². The Labute approximate surface area is 121 Å². The lowest BCUT2D eigenvalue weighted by atomic mass is 10.1. The van der Waals surface area contributed by atoms with Gasteiger partial charge in [-0.2, -0.15) is 10.2 Å². The van der Waals surface area contributed by atoms with Gasteiger partial charge < -0.3 is 9.67 Å². The zero-order valence-corrected chi connectivity index (χ0v) is 11.5. The van der Waals surface area contributed by atoms with Gasteiger partial charge in [-0.1, -0.05) is 30.3 Å². The van der Waals surface area contributed by atoms with Crippen molar-refractivity contribution in [2.45, 2.75) is 0 Å². The van der Waals surface area contributed by atoms with Crippen molar-refractivity contribution in [2.24, 2.45) is 17.3 Å². The summed E-state index contributed by atoms with van der Waals surface area (Å²) in [5.74, 6) is 0.268. The number of nitrogens with zero attached hydrogens (tertiary/aromatic N) is 3. The molecule has 4 rings (SSSR count). The molecule has 0 atom stereocenters. The molecule has 3 aromatic rings. The van der Waals surface area contributed by atoms with E-state index in [4.69, 9.17) is 0 Å². The number of aromatic hydroxyl groups is 1. The Bertz CT molecular complexity index is 1010. The molecule has 0 amide bonds. The molecule has 0 radical (unpaired) electrons. The average Bonchev–Trinajstić information content (AvgIpc) is 3.06. The van der Waals surface area contributed by atoms with Gasteiger partial charge in [0, 0.05) is 23.2 Å². The highest BCUT2D eigenvalue weighted by Crippen LogP contribution is 2.30. The minimum atomic E-state index is 0.268. The Morgan fingerprint density at radius 2 is 2.00 bits per heavy atom. The normalized spacial score (nSPS) is 13.7. The van der Waals surface area contributed by atoms with Crippen molar-refractivity contribution >= 4 is 28.9 Å². The monoisotopic (exact) mass is 275 g/mol. The summed E-state index contributed by atoms with van der Waals surface area (Å²) in [7, 11) is 1.86. The Morgan fingerprint density at radius 1 is 1.14 bits per heavy atom. The molecule has 21 heavy (non-hydrogen) atoms.